The van der Waals surface area contributed by atoms with Crippen molar-refractivity contribution in [2.75, 3.05) is 6.54 Å². The molecular weight excluding hydrogens is 372 g/mol. The molecule has 0 bridgehead atoms. The predicted octanol–water partition coefficient (Wildman–Crippen LogP) is 6.07. The summed E-state index contributed by atoms with van der Waals surface area (Å²) in [6, 6.07) is 11.7. The third-order valence-electron chi connectivity index (χ3n) is 4.98. The van der Waals surface area contributed by atoms with Gasteiger partial charge in [-0.2, -0.15) is 0 Å². The summed E-state index contributed by atoms with van der Waals surface area (Å²) in [5.41, 5.74) is 1.96. The molecule has 0 N–H and O–H groups in total. The van der Waals surface area contributed by atoms with Gasteiger partial charge in [-0.05, 0) is 55.7 Å². The molecule has 3 rings (SSSR count). The average Bonchev–Trinajstić information content (AvgIpc) is 2.91. The molecule has 1 heterocycles. The van der Waals surface area contributed by atoms with Gasteiger partial charge in [0.1, 0.15) is 5.82 Å². The molecule has 2 aromatic rings. The minimum absolute atomic E-state index is 0.173. The summed E-state index contributed by atoms with van der Waals surface area (Å²) in [7, 11) is 0. The zero-order chi connectivity index (χ0) is 19.1. The molecule has 0 saturated carbocycles. The number of carbonyl (C=O) groups is 1. The van der Waals surface area contributed by atoms with E-state index in [1.54, 1.807) is 29.2 Å². The van der Waals surface area contributed by atoms with E-state index in [1.807, 2.05) is 32.9 Å². The minimum atomic E-state index is -0.640. The van der Waals surface area contributed by atoms with Crippen LogP contribution in [0.25, 0.3) is 5.57 Å². The van der Waals surface area contributed by atoms with Gasteiger partial charge in [0.2, 0.25) is 0 Å². The lowest BCUT2D eigenvalue weighted by Gasteiger charge is -2.37. The molecule has 0 unspecified atom stereocenters. The molecule has 0 radical (unpaired) electrons. The highest BCUT2D eigenvalue weighted by Crippen LogP contribution is 2.40. The maximum atomic E-state index is 14.3. The summed E-state index contributed by atoms with van der Waals surface area (Å²) in [6.07, 6.45) is 0.679. The van der Waals surface area contributed by atoms with Gasteiger partial charge in [0, 0.05) is 22.2 Å². The molecule has 136 valence electrons. The first-order valence-corrected chi connectivity index (χ1v) is 9.26. The Kier molecular flexibility index (Phi) is 5.14. The molecule has 0 aromatic heterocycles. The standard InChI is InChI=1S/C21H20Cl2FNO/c1-4-13-12-25(20(26)19(13)17-7-5-6-8-18(17)24)21(2,3)14-9-15(22)11-16(23)10-14/h5-11H,4,12H2,1-3H3. The molecule has 1 amide bonds. The van der Waals surface area contributed by atoms with E-state index in [1.165, 1.54) is 6.07 Å². The molecule has 0 fully saturated rings. The summed E-state index contributed by atoms with van der Waals surface area (Å²) in [4.78, 5) is 15.0. The molecular formula is C21H20Cl2FNO. The Hall–Kier alpha value is -1.84. The first kappa shape index (κ1) is 18.9. The van der Waals surface area contributed by atoms with Gasteiger partial charge in [0.25, 0.3) is 5.91 Å². The van der Waals surface area contributed by atoms with E-state index < -0.39 is 5.54 Å². The smallest absolute Gasteiger partial charge is 0.255 e. The molecule has 1 aliphatic heterocycles. The number of hydrogen-bond donors (Lipinski definition) is 0. The van der Waals surface area contributed by atoms with Crippen molar-refractivity contribution >= 4 is 34.7 Å². The van der Waals surface area contributed by atoms with Crippen LogP contribution < -0.4 is 0 Å². The number of hydrogen-bond acceptors (Lipinski definition) is 1. The van der Waals surface area contributed by atoms with E-state index in [2.05, 4.69) is 0 Å². The molecule has 2 nitrogen and oxygen atoms in total. The number of rotatable bonds is 4. The van der Waals surface area contributed by atoms with E-state index in [-0.39, 0.29) is 11.7 Å². The second-order valence-corrected chi connectivity index (χ2v) is 7.79. The van der Waals surface area contributed by atoms with Gasteiger partial charge in [-0.25, -0.2) is 4.39 Å². The van der Waals surface area contributed by atoms with Crippen molar-refractivity contribution in [3.63, 3.8) is 0 Å². The normalized spacial score (nSPS) is 15.2. The van der Waals surface area contributed by atoms with Gasteiger partial charge in [0.15, 0.2) is 0 Å². The number of benzene rings is 2. The molecule has 26 heavy (non-hydrogen) atoms. The molecule has 0 saturated heterocycles. The number of amides is 1. The Balaban J connectivity index is 2.04. The molecule has 1 aliphatic rings. The molecule has 2 aromatic carbocycles. The Morgan fingerprint density at radius 3 is 2.31 bits per heavy atom. The van der Waals surface area contributed by atoms with Gasteiger partial charge in [-0.3, -0.25) is 4.79 Å². The fourth-order valence-electron chi connectivity index (χ4n) is 3.40. The predicted molar refractivity (Wildman–Crippen MR) is 105 cm³/mol. The van der Waals surface area contributed by atoms with Crippen LogP contribution in [0.3, 0.4) is 0 Å². The SMILES string of the molecule is CCC1=C(c2ccccc2F)C(=O)N(C(C)(C)c2cc(Cl)cc(Cl)c2)C1. The second kappa shape index (κ2) is 7.05. The largest absolute Gasteiger partial charge is 0.325 e. The third kappa shape index (κ3) is 3.26. The lowest BCUT2D eigenvalue weighted by molar-refractivity contribution is -0.128. The first-order valence-electron chi connectivity index (χ1n) is 8.51. The second-order valence-electron chi connectivity index (χ2n) is 6.92. The van der Waals surface area contributed by atoms with Crippen molar-refractivity contribution in [2.24, 2.45) is 0 Å². The van der Waals surface area contributed by atoms with Crippen molar-refractivity contribution in [1.29, 1.82) is 0 Å². The fraction of sp³-hybridized carbons (Fsp3) is 0.286. The van der Waals surface area contributed by atoms with Crippen LogP contribution in [0.5, 0.6) is 0 Å². The molecule has 5 heteroatoms. The van der Waals surface area contributed by atoms with Crippen LogP contribution in [0, 0.1) is 5.82 Å². The van der Waals surface area contributed by atoms with Crippen LogP contribution in [0.4, 0.5) is 4.39 Å². The monoisotopic (exact) mass is 391 g/mol. The van der Waals surface area contributed by atoms with E-state index in [0.717, 1.165) is 11.1 Å². The molecule has 0 aliphatic carbocycles. The lowest BCUT2D eigenvalue weighted by Crippen LogP contribution is -2.43. The molecule has 0 atom stereocenters. The zero-order valence-corrected chi connectivity index (χ0v) is 16.5. The fourth-order valence-corrected chi connectivity index (χ4v) is 3.93. The summed E-state index contributed by atoms with van der Waals surface area (Å²) >= 11 is 12.3. The first-order chi connectivity index (χ1) is 12.3. The lowest BCUT2D eigenvalue weighted by atomic mass is 9.92. The maximum Gasteiger partial charge on any atom is 0.255 e. The highest BCUT2D eigenvalue weighted by molar-refractivity contribution is 6.34. The average molecular weight is 392 g/mol. The zero-order valence-electron chi connectivity index (χ0n) is 14.9. The van der Waals surface area contributed by atoms with Gasteiger partial charge >= 0.3 is 0 Å². The van der Waals surface area contributed by atoms with Crippen molar-refractivity contribution in [3.8, 4) is 0 Å². The summed E-state index contributed by atoms with van der Waals surface area (Å²) in [5, 5.41) is 1.04. The highest BCUT2D eigenvalue weighted by atomic mass is 35.5. The van der Waals surface area contributed by atoms with Gasteiger partial charge in [-0.1, -0.05) is 48.3 Å². The van der Waals surface area contributed by atoms with Crippen molar-refractivity contribution in [3.05, 3.63) is 75.0 Å². The third-order valence-corrected chi connectivity index (χ3v) is 5.41. The van der Waals surface area contributed by atoms with Crippen LogP contribution >= 0.6 is 23.2 Å². The Morgan fingerprint density at radius 1 is 1.12 bits per heavy atom. The Morgan fingerprint density at radius 2 is 1.73 bits per heavy atom. The Bertz CT molecular complexity index is 884. The van der Waals surface area contributed by atoms with Crippen molar-refractivity contribution in [2.45, 2.75) is 32.7 Å². The van der Waals surface area contributed by atoms with E-state index in [0.29, 0.717) is 34.1 Å². The number of halogens is 3. The molecule has 0 spiro atoms. The van der Waals surface area contributed by atoms with Gasteiger partial charge < -0.3 is 4.90 Å². The van der Waals surface area contributed by atoms with Crippen molar-refractivity contribution < 1.29 is 9.18 Å². The highest BCUT2D eigenvalue weighted by Gasteiger charge is 2.40. The van der Waals surface area contributed by atoms with Crippen LogP contribution in [-0.4, -0.2) is 17.4 Å². The number of nitrogens with zero attached hydrogens (tertiary/aromatic N) is 1. The quantitative estimate of drug-likeness (QED) is 0.618. The Labute approximate surface area is 163 Å². The van der Waals surface area contributed by atoms with Crippen LogP contribution in [-0.2, 0) is 10.3 Å². The van der Waals surface area contributed by atoms with E-state index in [9.17, 15) is 9.18 Å². The van der Waals surface area contributed by atoms with Crippen LogP contribution in [0.15, 0.2) is 48.0 Å². The summed E-state index contributed by atoms with van der Waals surface area (Å²) in [6.45, 7) is 6.33. The maximum absolute atomic E-state index is 14.3. The summed E-state index contributed by atoms with van der Waals surface area (Å²) in [5.74, 6) is -0.555. The van der Waals surface area contributed by atoms with Gasteiger partial charge in [0.05, 0.1) is 11.1 Å². The van der Waals surface area contributed by atoms with Crippen molar-refractivity contribution in [1.82, 2.24) is 4.90 Å². The summed E-state index contributed by atoms with van der Waals surface area (Å²) < 4.78 is 14.3. The minimum Gasteiger partial charge on any atom is -0.325 e. The number of carbonyl (C=O) groups excluding carboxylic acids is 1. The van der Waals surface area contributed by atoms with E-state index in [4.69, 9.17) is 23.2 Å². The van der Waals surface area contributed by atoms with Crippen LogP contribution in [0.2, 0.25) is 10.0 Å². The van der Waals surface area contributed by atoms with Crippen LogP contribution in [0.1, 0.15) is 38.3 Å². The van der Waals surface area contributed by atoms with Gasteiger partial charge in [-0.15, -0.1) is 0 Å². The topological polar surface area (TPSA) is 20.3 Å². The van der Waals surface area contributed by atoms with E-state index >= 15 is 0 Å².